The number of hydrogen-bond acceptors (Lipinski definition) is 2. The van der Waals surface area contributed by atoms with Gasteiger partial charge in [0, 0.05) is 31.2 Å². The molecule has 142 valence electrons. The van der Waals surface area contributed by atoms with E-state index in [4.69, 9.17) is 11.6 Å². The largest absolute Gasteiger partial charge is 0.339 e. The van der Waals surface area contributed by atoms with Crippen molar-refractivity contribution in [3.8, 4) is 0 Å². The summed E-state index contributed by atoms with van der Waals surface area (Å²) in [4.78, 5) is 29.3. The van der Waals surface area contributed by atoms with Crippen molar-refractivity contribution in [3.63, 3.8) is 0 Å². The van der Waals surface area contributed by atoms with Crippen LogP contribution in [0.5, 0.6) is 0 Å². The number of amides is 2. The van der Waals surface area contributed by atoms with Crippen molar-refractivity contribution >= 4 is 23.4 Å². The first-order valence-electron chi connectivity index (χ1n) is 9.25. The highest BCUT2D eigenvalue weighted by Crippen LogP contribution is 2.26. The van der Waals surface area contributed by atoms with Gasteiger partial charge in [-0.15, -0.1) is 0 Å². The molecule has 0 aliphatic carbocycles. The molecule has 1 aliphatic rings. The van der Waals surface area contributed by atoms with Gasteiger partial charge in [0.2, 0.25) is 11.8 Å². The molecule has 0 radical (unpaired) electrons. The summed E-state index contributed by atoms with van der Waals surface area (Å²) < 4.78 is 0. The van der Waals surface area contributed by atoms with Crippen molar-refractivity contribution in [1.82, 2.24) is 9.80 Å². The average molecular weight is 385 g/mol. The van der Waals surface area contributed by atoms with Crippen molar-refractivity contribution in [1.29, 1.82) is 0 Å². The SMILES string of the molecule is CC(C)(C(=O)N1CCN(C(=O)Cc2ccc(Cl)cc2)CC1)c1ccccc1. The van der Waals surface area contributed by atoms with E-state index in [-0.39, 0.29) is 11.8 Å². The molecule has 1 fully saturated rings. The summed E-state index contributed by atoms with van der Waals surface area (Å²) in [5.74, 6) is 0.199. The predicted octanol–water partition coefficient (Wildman–Crippen LogP) is 3.53. The fourth-order valence-corrected chi connectivity index (χ4v) is 3.55. The maximum Gasteiger partial charge on any atom is 0.232 e. The standard InChI is InChI=1S/C22H25ClN2O2/c1-22(2,18-6-4-3-5-7-18)21(27)25-14-12-24(13-15-25)20(26)16-17-8-10-19(23)11-9-17/h3-11H,12-16H2,1-2H3. The summed E-state index contributed by atoms with van der Waals surface area (Å²) in [7, 11) is 0. The first-order chi connectivity index (χ1) is 12.9. The molecule has 1 aliphatic heterocycles. The molecule has 3 rings (SSSR count). The normalized spacial score (nSPS) is 14.9. The van der Waals surface area contributed by atoms with Gasteiger partial charge >= 0.3 is 0 Å². The van der Waals surface area contributed by atoms with Crippen molar-refractivity contribution in [3.05, 3.63) is 70.7 Å². The Morgan fingerprint density at radius 2 is 1.44 bits per heavy atom. The molecule has 0 unspecified atom stereocenters. The minimum Gasteiger partial charge on any atom is -0.339 e. The second-order valence-electron chi connectivity index (χ2n) is 7.47. The summed E-state index contributed by atoms with van der Waals surface area (Å²) in [6.07, 6.45) is 0.362. The van der Waals surface area contributed by atoms with Gasteiger partial charge in [0.15, 0.2) is 0 Å². The van der Waals surface area contributed by atoms with E-state index in [1.165, 1.54) is 0 Å². The molecule has 4 nitrogen and oxygen atoms in total. The zero-order valence-corrected chi connectivity index (χ0v) is 16.6. The van der Waals surface area contributed by atoms with E-state index >= 15 is 0 Å². The molecule has 0 saturated carbocycles. The highest BCUT2D eigenvalue weighted by atomic mass is 35.5. The van der Waals surface area contributed by atoms with Gasteiger partial charge in [0.05, 0.1) is 11.8 Å². The van der Waals surface area contributed by atoms with E-state index in [2.05, 4.69) is 0 Å². The molecule has 2 amide bonds. The topological polar surface area (TPSA) is 40.6 Å². The molecule has 0 bridgehead atoms. The predicted molar refractivity (Wildman–Crippen MR) is 108 cm³/mol. The third kappa shape index (κ3) is 4.51. The zero-order chi connectivity index (χ0) is 19.4. The number of hydrogen-bond donors (Lipinski definition) is 0. The van der Waals surface area contributed by atoms with Crippen LogP contribution in [0.4, 0.5) is 0 Å². The van der Waals surface area contributed by atoms with Crippen LogP contribution in [-0.2, 0) is 21.4 Å². The molecular formula is C22H25ClN2O2. The maximum atomic E-state index is 13.0. The molecule has 27 heavy (non-hydrogen) atoms. The van der Waals surface area contributed by atoms with E-state index in [1.54, 1.807) is 12.1 Å². The number of halogens is 1. The zero-order valence-electron chi connectivity index (χ0n) is 15.8. The van der Waals surface area contributed by atoms with Crippen LogP contribution in [0.25, 0.3) is 0 Å². The molecule has 0 atom stereocenters. The summed E-state index contributed by atoms with van der Waals surface area (Å²) in [6.45, 7) is 6.21. The molecule has 1 saturated heterocycles. The number of carbonyl (C=O) groups excluding carboxylic acids is 2. The molecule has 0 spiro atoms. The van der Waals surface area contributed by atoms with Crippen LogP contribution in [0, 0.1) is 0 Å². The van der Waals surface area contributed by atoms with Gasteiger partial charge in [-0.1, -0.05) is 54.1 Å². The second-order valence-corrected chi connectivity index (χ2v) is 7.90. The Morgan fingerprint density at radius 1 is 0.889 bits per heavy atom. The van der Waals surface area contributed by atoms with Gasteiger partial charge in [-0.3, -0.25) is 9.59 Å². The van der Waals surface area contributed by atoms with Gasteiger partial charge in [-0.05, 0) is 37.1 Å². The van der Waals surface area contributed by atoms with Crippen LogP contribution in [0.1, 0.15) is 25.0 Å². The van der Waals surface area contributed by atoms with Gasteiger partial charge in [0.25, 0.3) is 0 Å². The van der Waals surface area contributed by atoms with Gasteiger partial charge in [0.1, 0.15) is 0 Å². The number of rotatable bonds is 4. The summed E-state index contributed by atoms with van der Waals surface area (Å²) >= 11 is 5.89. The van der Waals surface area contributed by atoms with E-state index in [0.717, 1.165) is 11.1 Å². The first kappa shape index (κ1) is 19.4. The van der Waals surface area contributed by atoms with E-state index in [0.29, 0.717) is 37.6 Å². The molecule has 0 N–H and O–H groups in total. The lowest BCUT2D eigenvalue weighted by atomic mass is 9.83. The average Bonchev–Trinajstić information content (AvgIpc) is 2.70. The van der Waals surface area contributed by atoms with Crippen LogP contribution >= 0.6 is 11.6 Å². The lowest BCUT2D eigenvalue weighted by Gasteiger charge is -2.39. The van der Waals surface area contributed by atoms with Gasteiger partial charge in [-0.25, -0.2) is 0 Å². The van der Waals surface area contributed by atoms with Crippen molar-refractivity contribution in [2.45, 2.75) is 25.7 Å². The van der Waals surface area contributed by atoms with E-state index in [1.807, 2.05) is 66.1 Å². The van der Waals surface area contributed by atoms with Crippen molar-refractivity contribution < 1.29 is 9.59 Å². The monoisotopic (exact) mass is 384 g/mol. The van der Waals surface area contributed by atoms with E-state index < -0.39 is 5.41 Å². The lowest BCUT2D eigenvalue weighted by molar-refractivity contribution is -0.142. The Morgan fingerprint density at radius 3 is 2.04 bits per heavy atom. The Kier molecular flexibility index (Phi) is 5.85. The smallest absolute Gasteiger partial charge is 0.232 e. The minimum absolute atomic E-state index is 0.0896. The highest BCUT2D eigenvalue weighted by Gasteiger charge is 2.35. The molecule has 5 heteroatoms. The number of carbonyl (C=O) groups is 2. The molecule has 1 heterocycles. The van der Waals surface area contributed by atoms with Crippen LogP contribution in [0.15, 0.2) is 54.6 Å². The Hall–Kier alpha value is -2.33. The maximum absolute atomic E-state index is 13.0. The Balaban J connectivity index is 1.57. The summed E-state index contributed by atoms with van der Waals surface area (Å²) in [5.41, 5.74) is 1.39. The molecule has 0 aromatic heterocycles. The van der Waals surface area contributed by atoms with Crippen LogP contribution < -0.4 is 0 Å². The second kappa shape index (κ2) is 8.13. The van der Waals surface area contributed by atoms with Crippen LogP contribution in [-0.4, -0.2) is 47.8 Å². The minimum atomic E-state index is -0.573. The third-order valence-corrected chi connectivity index (χ3v) is 5.47. The Bertz CT molecular complexity index is 795. The fourth-order valence-electron chi connectivity index (χ4n) is 3.42. The molecule has 2 aromatic rings. The molecule has 2 aromatic carbocycles. The van der Waals surface area contributed by atoms with Gasteiger partial charge < -0.3 is 9.80 Å². The summed E-state index contributed by atoms with van der Waals surface area (Å²) in [6, 6.07) is 17.2. The molecular weight excluding hydrogens is 360 g/mol. The quantitative estimate of drug-likeness (QED) is 0.809. The summed E-state index contributed by atoms with van der Waals surface area (Å²) in [5, 5.41) is 0.666. The van der Waals surface area contributed by atoms with E-state index in [9.17, 15) is 9.59 Å². The lowest BCUT2D eigenvalue weighted by Crippen LogP contribution is -2.54. The third-order valence-electron chi connectivity index (χ3n) is 5.22. The fraction of sp³-hybridized carbons (Fsp3) is 0.364. The number of piperazine rings is 1. The number of benzene rings is 2. The van der Waals surface area contributed by atoms with Gasteiger partial charge in [-0.2, -0.15) is 0 Å². The van der Waals surface area contributed by atoms with Crippen LogP contribution in [0.2, 0.25) is 5.02 Å². The van der Waals surface area contributed by atoms with Crippen molar-refractivity contribution in [2.75, 3.05) is 26.2 Å². The first-order valence-corrected chi connectivity index (χ1v) is 9.63. The highest BCUT2D eigenvalue weighted by molar-refractivity contribution is 6.30. The number of nitrogens with zero attached hydrogens (tertiary/aromatic N) is 2. The van der Waals surface area contributed by atoms with Crippen LogP contribution in [0.3, 0.4) is 0 Å². The van der Waals surface area contributed by atoms with Crippen molar-refractivity contribution in [2.24, 2.45) is 0 Å². The Labute approximate surface area is 165 Å².